The molecule has 7 rings (SSSR count). The molecule has 0 N–H and O–H groups in total. The lowest BCUT2D eigenvalue weighted by atomic mass is 9.89. The highest BCUT2D eigenvalue weighted by atomic mass is 15.2. The van der Waals surface area contributed by atoms with Gasteiger partial charge in [-0.1, -0.05) is 119 Å². The molecular weight excluding hydrogens is 581 g/mol. The minimum atomic E-state index is 0.406. The predicted octanol–water partition coefficient (Wildman–Crippen LogP) is 13.5. The van der Waals surface area contributed by atoms with Crippen molar-refractivity contribution in [3.8, 4) is 0 Å². The Kier molecular flexibility index (Phi) is 8.84. The van der Waals surface area contributed by atoms with Crippen LogP contribution in [0.3, 0.4) is 0 Å². The van der Waals surface area contributed by atoms with Crippen LogP contribution in [0.5, 0.6) is 0 Å². The Bertz CT molecular complexity index is 2070. The Balaban J connectivity index is 1.66. The Morgan fingerprint density at radius 3 is 1.81 bits per heavy atom. The molecule has 0 saturated carbocycles. The van der Waals surface area contributed by atoms with E-state index < -0.39 is 0 Å². The molecule has 5 aromatic carbocycles. The molecule has 0 aliphatic heterocycles. The first-order chi connectivity index (χ1) is 23.3. The van der Waals surface area contributed by atoms with Gasteiger partial charge >= 0.3 is 0 Å². The topological polar surface area (TPSA) is 6.48 Å². The van der Waals surface area contributed by atoms with Crippen LogP contribution < -0.4 is 9.80 Å². The fraction of sp³-hybridized carbons (Fsp3) is 0.261. The summed E-state index contributed by atoms with van der Waals surface area (Å²) in [5, 5.41) is 5.10. The summed E-state index contributed by atoms with van der Waals surface area (Å²) >= 11 is 0. The van der Waals surface area contributed by atoms with Crippen molar-refractivity contribution in [3.63, 3.8) is 0 Å². The van der Waals surface area contributed by atoms with E-state index in [-0.39, 0.29) is 0 Å². The van der Waals surface area contributed by atoms with Crippen LogP contribution in [0.4, 0.5) is 22.7 Å². The van der Waals surface area contributed by atoms with Crippen molar-refractivity contribution in [1.82, 2.24) is 0 Å². The van der Waals surface area contributed by atoms with Crippen molar-refractivity contribution < 1.29 is 0 Å². The molecule has 2 nitrogen and oxygen atoms in total. The average molecular weight is 629 g/mol. The van der Waals surface area contributed by atoms with Crippen LogP contribution in [0.1, 0.15) is 82.4 Å². The lowest BCUT2D eigenvalue weighted by Gasteiger charge is -2.35. The maximum atomic E-state index is 2.56. The fourth-order valence-corrected chi connectivity index (χ4v) is 7.19. The molecule has 0 amide bonds. The van der Waals surface area contributed by atoms with E-state index in [0.717, 1.165) is 19.3 Å². The van der Waals surface area contributed by atoms with E-state index in [1.807, 2.05) is 0 Å². The fourth-order valence-electron chi connectivity index (χ4n) is 7.19. The summed E-state index contributed by atoms with van der Waals surface area (Å²) < 4.78 is 0. The van der Waals surface area contributed by atoms with Gasteiger partial charge in [0.25, 0.3) is 0 Å². The highest BCUT2D eigenvalue weighted by Gasteiger charge is 2.28. The zero-order valence-corrected chi connectivity index (χ0v) is 29.4. The van der Waals surface area contributed by atoms with Gasteiger partial charge < -0.3 is 9.80 Å². The number of rotatable bonds is 8. The molecule has 0 bridgehead atoms. The summed E-state index contributed by atoms with van der Waals surface area (Å²) in [6.45, 7) is 13.7. The first-order valence-corrected chi connectivity index (χ1v) is 17.8. The van der Waals surface area contributed by atoms with Gasteiger partial charge in [-0.05, 0) is 104 Å². The summed E-state index contributed by atoms with van der Waals surface area (Å²) in [5.41, 5.74) is 11.4. The molecule has 0 heterocycles. The van der Waals surface area contributed by atoms with E-state index in [2.05, 4.69) is 179 Å². The van der Waals surface area contributed by atoms with Crippen molar-refractivity contribution >= 4 is 44.3 Å². The number of allylic oxidation sites excluding steroid dienone is 7. The summed E-state index contributed by atoms with van der Waals surface area (Å²) in [4.78, 5) is 5.08. The van der Waals surface area contributed by atoms with Gasteiger partial charge in [-0.2, -0.15) is 0 Å². The molecule has 2 aliphatic rings. The number of aryl methyl sites for hydroxylation is 1. The molecule has 0 saturated heterocycles. The SMILES string of the molecule is Cc1ccc(N(C2=CC=CCC2)c2c3ccc(C(C)C)cc3c(N(C3=CCC(C)C=C3)c3ccccc3)c3ccc(C(C)C)cc23)cc1. The van der Waals surface area contributed by atoms with Crippen LogP contribution in [-0.4, -0.2) is 0 Å². The highest BCUT2D eigenvalue weighted by Crippen LogP contribution is 2.51. The minimum Gasteiger partial charge on any atom is -0.313 e. The summed E-state index contributed by atoms with van der Waals surface area (Å²) in [6.07, 6.45) is 17.0. The second kappa shape index (κ2) is 13.4. The molecule has 2 aliphatic carbocycles. The molecule has 1 atom stereocenters. The van der Waals surface area contributed by atoms with Crippen LogP contribution in [0.2, 0.25) is 0 Å². The zero-order valence-electron chi connectivity index (χ0n) is 29.4. The van der Waals surface area contributed by atoms with E-state index >= 15 is 0 Å². The summed E-state index contributed by atoms with van der Waals surface area (Å²) in [5.74, 6) is 1.35. The van der Waals surface area contributed by atoms with Gasteiger partial charge in [-0.15, -0.1) is 0 Å². The second-order valence-electron chi connectivity index (χ2n) is 14.3. The zero-order chi connectivity index (χ0) is 33.4. The Morgan fingerprint density at radius 2 is 1.27 bits per heavy atom. The van der Waals surface area contributed by atoms with Crippen LogP contribution in [0.15, 0.2) is 139 Å². The maximum absolute atomic E-state index is 2.56. The molecule has 0 spiro atoms. The van der Waals surface area contributed by atoms with E-state index in [4.69, 9.17) is 0 Å². The monoisotopic (exact) mass is 628 g/mol. The number of benzene rings is 5. The normalized spacial score (nSPS) is 16.1. The van der Waals surface area contributed by atoms with E-state index in [0.29, 0.717) is 17.8 Å². The maximum Gasteiger partial charge on any atom is 0.0619 e. The quantitative estimate of drug-likeness (QED) is 0.125. The summed E-state index contributed by atoms with van der Waals surface area (Å²) in [6, 6.07) is 34.5. The number of hydrogen-bond acceptors (Lipinski definition) is 2. The van der Waals surface area contributed by atoms with Gasteiger partial charge in [-0.3, -0.25) is 0 Å². The Labute approximate surface area is 287 Å². The number of para-hydroxylation sites is 1. The van der Waals surface area contributed by atoms with Gasteiger partial charge in [0, 0.05) is 44.3 Å². The first-order valence-electron chi connectivity index (χ1n) is 17.8. The molecule has 0 radical (unpaired) electrons. The van der Waals surface area contributed by atoms with Crippen molar-refractivity contribution in [2.75, 3.05) is 9.80 Å². The van der Waals surface area contributed by atoms with Crippen molar-refractivity contribution in [2.24, 2.45) is 5.92 Å². The van der Waals surface area contributed by atoms with Gasteiger partial charge in [0.2, 0.25) is 0 Å². The van der Waals surface area contributed by atoms with Crippen LogP contribution in [0.25, 0.3) is 21.5 Å². The van der Waals surface area contributed by atoms with E-state index in [1.54, 1.807) is 0 Å². The molecule has 5 aromatic rings. The highest BCUT2D eigenvalue weighted by molar-refractivity contribution is 6.22. The average Bonchev–Trinajstić information content (AvgIpc) is 3.11. The van der Waals surface area contributed by atoms with Crippen molar-refractivity contribution in [1.29, 1.82) is 0 Å². The number of anilines is 4. The van der Waals surface area contributed by atoms with Crippen LogP contribution in [-0.2, 0) is 0 Å². The van der Waals surface area contributed by atoms with Crippen LogP contribution in [0, 0.1) is 12.8 Å². The third-order valence-electron chi connectivity index (χ3n) is 10.0. The van der Waals surface area contributed by atoms with Crippen LogP contribution >= 0.6 is 0 Å². The Hall–Kier alpha value is -4.82. The smallest absolute Gasteiger partial charge is 0.0619 e. The second-order valence-corrected chi connectivity index (χ2v) is 14.3. The van der Waals surface area contributed by atoms with Gasteiger partial charge in [0.15, 0.2) is 0 Å². The lowest BCUT2D eigenvalue weighted by molar-refractivity contribution is 0.728. The Morgan fingerprint density at radius 1 is 0.667 bits per heavy atom. The van der Waals surface area contributed by atoms with Crippen molar-refractivity contribution in [2.45, 2.75) is 72.6 Å². The molecule has 0 aromatic heterocycles. The number of fused-ring (bicyclic) bond motifs is 2. The van der Waals surface area contributed by atoms with Crippen molar-refractivity contribution in [3.05, 3.63) is 156 Å². The molecule has 1 unspecified atom stereocenters. The minimum absolute atomic E-state index is 0.406. The molecule has 48 heavy (non-hydrogen) atoms. The largest absolute Gasteiger partial charge is 0.313 e. The lowest BCUT2D eigenvalue weighted by Crippen LogP contribution is -2.21. The van der Waals surface area contributed by atoms with Gasteiger partial charge in [-0.25, -0.2) is 0 Å². The predicted molar refractivity (Wildman–Crippen MR) is 209 cm³/mol. The van der Waals surface area contributed by atoms with E-state index in [9.17, 15) is 0 Å². The molecule has 242 valence electrons. The first kappa shape index (κ1) is 31.8. The summed E-state index contributed by atoms with van der Waals surface area (Å²) in [7, 11) is 0. The third-order valence-corrected chi connectivity index (χ3v) is 10.0. The molecule has 0 fully saturated rings. The number of hydrogen-bond donors (Lipinski definition) is 0. The standard InChI is InChI=1S/C46H48N2/c1-31(2)35-21-27-41-43(29-35)45(47(37-13-9-7-10-14-37)39-23-17-33(5)18-24-39)42-28-22-36(32(3)4)30-44(42)46(41)48(38-15-11-8-12-16-38)40-25-19-34(6)20-26-40/h7-11,13-15,17,19-33H,12,16,18H2,1-6H3. The van der Waals surface area contributed by atoms with E-state index in [1.165, 1.54) is 72.4 Å². The molecular formula is C46H48N2. The van der Waals surface area contributed by atoms with Gasteiger partial charge in [0.05, 0.1) is 11.4 Å². The molecule has 2 heteroatoms. The van der Waals surface area contributed by atoms with Gasteiger partial charge in [0.1, 0.15) is 0 Å². The third kappa shape index (κ3) is 6.01. The number of nitrogens with zero attached hydrogens (tertiary/aromatic N) is 2.